The molecule has 1 saturated heterocycles. The number of rotatable bonds is 3. The van der Waals surface area contributed by atoms with E-state index in [9.17, 15) is 19.7 Å². The van der Waals surface area contributed by atoms with Crippen LogP contribution in [0.1, 0.15) is 0 Å². The second-order valence-electron chi connectivity index (χ2n) is 3.18. The molecule has 0 radical (unpaired) electrons. The van der Waals surface area contributed by atoms with Crippen LogP contribution in [0.2, 0.25) is 0 Å². The third-order valence-electron chi connectivity index (χ3n) is 2.08. The van der Waals surface area contributed by atoms with Crippen molar-refractivity contribution < 1.29 is 23.6 Å². The van der Waals surface area contributed by atoms with E-state index in [1.54, 1.807) is 0 Å². The van der Waals surface area contributed by atoms with Gasteiger partial charge in [-0.15, -0.1) is 0 Å². The molecule has 2 heterocycles. The molecule has 1 aromatic heterocycles. The van der Waals surface area contributed by atoms with Gasteiger partial charge in [0, 0.05) is 0 Å². The first-order chi connectivity index (χ1) is 7.99. The first-order valence-corrected chi connectivity index (χ1v) is 4.45. The summed E-state index contributed by atoms with van der Waals surface area (Å²) in [4.78, 5) is 31.9. The summed E-state index contributed by atoms with van der Waals surface area (Å²) in [5, 5.41) is 13.4. The average molecular weight is 239 g/mol. The molecule has 3 amide bonds. The molecule has 9 nitrogen and oxygen atoms in total. The molecule has 1 aliphatic heterocycles. The van der Waals surface area contributed by atoms with Crippen LogP contribution < -0.4 is 5.32 Å². The van der Waals surface area contributed by atoms with Crippen molar-refractivity contribution in [1.29, 1.82) is 0 Å². The van der Waals surface area contributed by atoms with Gasteiger partial charge in [0.2, 0.25) is 0 Å². The molecule has 17 heavy (non-hydrogen) atoms. The summed E-state index contributed by atoms with van der Waals surface area (Å²) in [6.07, 6.45) is 0. The van der Waals surface area contributed by atoms with E-state index < -0.39 is 22.7 Å². The maximum absolute atomic E-state index is 11.3. The normalized spacial score (nSPS) is 14.9. The highest BCUT2D eigenvalue weighted by Crippen LogP contribution is 2.23. The van der Waals surface area contributed by atoms with Crippen molar-refractivity contribution >= 4 is 30.4 Å². The van der Waals surface area contributed by atoms with E-state index in [0.717, 1.165) is 15.8 Å². The van der Waals surface area contributed by atoms with Crippen LogP contribution in [0.5, 0.6) is 0 Å². The van der Waals surface area contributed by atoms with Gasteiger partial charge in [-0.1, -0.05) is 5.01 Å². The number of imide groups is 1. The Morgan fingerprint density at radius 3 is 2.53 bits per heavy atom. The molecule has 0 unspecified atom stereocenters. The largest absolute Gasteiger partial charge is 0.438 e. The Kier molecular flexibility index (Phi) is 2.35. The van der Waals surface area contributed by atoms with Crippen molar-refractivity contribution in [2.24, 2.45) is 0 Å². The number of urea groups is 1. The number of furan rings is 1. The molecule has 1 aromatic rings. The average Bonchev–Trinajstić information content (AvgIpc) is 2.84. The molecule has 1 fully saturated rings. The molecular formula is C8H7N4O5+. The van der Waals surface area contributed by atoms with Crippen molar-refractivity contribution in [3.05, 3.63) is 22.2 Å². The van der Waals surface area contributed by atoms with Crippen molar-refractivity contribution in [2.45, 2.75) is 0 Å². The van der Waals surface area contributed by atoms with E-state index in [4.69, 9.17) is 4.42 Å². The Labute approximate surface area is 94.0 Å². The van der Waals surface area contributed by atoms with Crippen LogP contribution >= 0.6 is 0 Å². The van der Waals surface area contributed by atoms with Crippen molar-refractivity contribution in [2.75, 3.05) is 6.54 Å². The van der Waals surface area contributed by atoms with Crippen LogP contribution in [0, 0.1) is 10.1 Å². The number of carbonyl (C=O) groups excluding carboxylic acids is 2. The van der Waals surface area contributed by atoms with Gasteiger partial charge in [0.1, 0.15) is 4.92 Å². The fraction of sp³-hybridized carbons (Fsp3) is 0.125. The maximum Gasteiger partial charge on any atom is 0.438 e. The molecule has 0 atom stereocenters. The molecule has 0 aromatic carbocycles. The van der Waals surface area contributed by atoms with E-state index in [1.807, 2.05) is 5.32 Å². The van der Waals surface area contributed by atoms with E-state index >= 15 is 0 Å². The van der Waals surface area contributed by atoms with Crippen molar-refractivity contribution in [1.82, 2.24) is 10.3 Å². The molecule has 0 spiro atoms. The molecule has 0 aliphatic carbocycles. The Bertz CT molecular complexity index is 534. The first kappa shape index (κ1) is 10.8. The van der Waals surface area contributed by atoms with Crippen LogP contribution in [0.15, 0.2) is 16.5 Å². The van der Waals surface area contributed by atoms with E-state index in [0.29, 0.717) is 0 Å². The van der Waals surface area contributed by atoms with E-state index in [-0.39, 0.29) is 12.4 Å². The Morgan fingerprint density at radius 1 is 1.41 bits per heavy atom. The lowest BCUT2D eigenvalue weighted by Crippen LogP contribution is -2.34. The van der Waals surface area contributed by atoms with E-state index in [1.165, 1.54) is 6.07 Å². The number of nitrogens with zero attached hydrogens (tertiary/aromatic N) is 3. The number of hydrogen-bond donors (Lipinski definition) is 1. The van der Waals surface area contributed by atoms with Gasteiger partial charge in [-0.25, -0.2) is 4.79 Å². The van der Waals surface area contributed by atoms with Gasteiger partial charge in [0.05, 0.1) is 12.1 Å². The quantitative estimate of drug-likeness (QED) is 0.262. The standard InChI is InChI=1S/C8H6N4O5/c1-10(11-4-5(13)9-8(11)14)6-2-3-7(17-6)12(15)16/h2-3H,1,4H2/p+1. The third kappa shape index (κ3) is 1.85. The fourth-order valence-electron chi connectivity index (χ4n) is 1.30. The Balaban J connectivity index is 2.22. The minimum Gasteiger partial charge on any atom is -0.342 e. The number of amides is 3. The number of hydrazine groups is 1. The van der Waals surface area contributed by atoms with Gasteiger partial charge in [0.25, 0.3) is 5.91 Å². The van der Waals surface area contributed by atoms with Crippen LogP contribution in [0.4, 0.5) is 16.6 Å². The second-order valence-corrected chi connectivity index (χ2v) is 3.18. The molecule has 0 bridgehead atoms. The van der Waals surface area contributed by atoms with Gasteiger partial charge in [0.15, 0.2) is 13.3 Å². The number of nitrogens with one attached hydrogen (secondary N) is 1. The third-order valence-corrected chi connectivity index (χ3v) is 2.08. The minimum atomic E-state index is -0.716. The lowest BCUT2D eigenvalue weighted by Gasteiger charge is -2.04. The maximum atomic E-state index is 11.3. The lowest BCUT2D eigenvalue weighted by atomic mass is 10.6. The number of hydrogen-bond acceptors (Lipinski definition) is 5. The van der Waals surface area contributed by atoms with E-state index in [2.05, 4.69) is 6.72 Å². The number of hydrazone groups is 1. The summed E-state index contributed by atoms with van der Waals surface area (Å²) in [6, 6.07) is 1.74. The smallest absolute Gasteiger partial charge is 0.342 e. The van der Waals surface area contributed by atoms with Gasteiger partial charge >= 0.3 is 17.8 Å². The van der Waals surface area contributed by atoms with Gasteiger partial charge in [-0.3, -0.25) is 20.2 Å². The SMILES string of the molecule is C=[N+](c1ccc([N+](=O)[O-])o1)N1CC(=O)NC1=O. The first-order valence-electron chi connectivity index (χ1n) is 4.45. The zero-order valence-electron chi connectivity index (χ0n) is 8.45. The molecular weight excluding hydrogens is 232 g/mol. The summed E-state index contributed by atoms with van der Waals surface area (Å²) < 4.78 is 5.81. The van der Waals surface area contributed by atoms with Gasteiger partial charge in [-0.05, 0) is 4.68 Å². The van der Waals surface area contributed by atoms with Crippen molar-refractivity contribution in [3.8, 4) is 0 Å². The summed E-state index contributed by atoms with van der Waals surface area (Å²) in [6.45, 7) is 3.27. The topological polar surface area (TPSA) is 109 Å². The molecule has 9 heteroatoms. The molecule has 1 aliphatic rings. The lowest BCUT2D eigenvalue weighted by molar-refractivity contribution is -0.598. The fourth-order valence-corrected chi connectivity index (χ4v) is 1.30. The highest BCUT2D eigenvalue weighted by molar-refractivity contribution is 6.01. The Morgan fingerprint density at radius 2 is 2.06 bits per heavy atom. The summed E-state index contributed by atoms with van der Waals surface area (Å²) in [7, 11) is 0. The molecule has 88 valence electrons. The summed E-state index contributed by atoms with van der Waals surface area (Å²) in [5.41, 5.74) is 0. The second kappa shape index (κ2) is 3.70. The van der Waals surface area contributed by atoms with Crippen LogP contribution in [-0.2, 0) is 4.79 Å². The predicted molar refractivity (Wildman–Crippen MR) is 52.6 cm³/mol. The summed E-state index contributed by atoms with van der Waals surface area (Å²) in [5.74, 6) is -0.967. The number of carbonyl (C=O) groups is 2. The van der Waals surface area contributed by atoms with Crippen LogP contribution in [0.3, 0.4) is 0 Å². The monoisotopic (exact) mass is 239 g/mol. The number of nitro groups is 1. The highest BCUT2D eigenvalue weighted by atomic mass is 16.6. The van der Waals surface area contributed by atoms with Crippen molar-refractivity contribution in [3.63, 3.8) is 0 Å². The molecule has 2 rings (SSSR count). The predicted octanol–water partition coefficient (Wildman–Crippen LogP) is -0.000800. The van der Waals surface area contributed by atoms with Crippen LogP contribution in [0.25, 0.3) is 0 Å². The van der Waals surface area contributed by atoms with Gasteiger partial charge in [-0.2, -0.15) is 0 Å². The minimum absolute atomic E-state index is 0.0125. The zero-order valence-corrected chi connectivity index (χ0v) is 8.45. The van der Waals surface area contributed by atoms with Crippen LogP contribution in [-0.4, -0.2) is 39.8 Å². The Hall–Kier alpha value is -2.71. The summed E-state index contributed by atoms with van der Waals surface area (Å²) >= 11 is 0. The molecule has 0 saturated carbocycles. The molecule has 1 N–H and O–H groups in total. The zero-order chi connectivity index (χ0) is 12.6. The highest BCUT2D eigenvalue weighted by Gasteiger charge is 2.37. The van der Waals surface area contributed by atoms with Gasteiger partial charge < -0.3 is 4.42 Å².